The molecule has 1 saturated carbocycles. The van der Waals surface area contributed by atoms with Gasteiger partial charge in [-0.3, -0.25) is 4.90 Å². The first-order chi connectivity index (χ1) is 7.22. The maximum Gasteiger partial charge on any atom is 0.0599 e. The van der Waals surface area contributed by atoms with Crippen molar-refractivity contribution in [1.29, 1.82) is 0 Å². The van der Waals surface area contributed by atoms with E-state index in [-0.39, 0.29) is 0 Å². The molecular weight excluding hydrogens is 184 g/mol. The maximum absolute atomic E-state index is 5.37. The van der Waals surface area contributed by atoms with Gasteiger partial charge in [-0.25, -0.2) is 0 Å². The molecule has 1 N–H and O–H groups in total. The van der Waals surface area contributed by atoms with E-state index in [1.807, 2.05) is 0 Å². The molecule has 0 aliphatic heterocycles. The molecule has 0 amide bonds. The van der Waals surface area contributed by atoms with Gasteiger partial charge in [-0.1, -0.05) is 19.8 Å². The summed E-state index contributed by atoms with van der Waals surface area (Å²) in [5.41, 5.74) is 0. The zero-order chi connectivity index (χ0) is 11.1. The summed E-state index contributed by atoms with van der Waals surface area (Å²) in [5.74, 6) is 4.41. The monoisotopic (exact) mass is 208 g/mol. The third-order valence-electron chi connectivity index (χ3n) is 2.69. The second-order valence-electron chi connectivity index (χ2n) is 4.98. The molecule has 0 atom stereocenters. The Labute approximate surface area is 94.4 Å². The maximum atomic E-state index is 5.37. The average Bonchev–Trinajstić information content (AvgIpc) is 2.96. The summed E-state index contributed by atoms with van der Waals surface area (Å²) in [7, 11) is 0. The minimum atomic E-state index is 0.731. The molecule has 0 aromatic rings. The minimum absolute atomic E-state index is 0.731. The van der Waals surface area contributed by atoms with E-state index in [0.717, 1.165) is 38.0 Å². The van der Waals surface area contributed by atoms with Crippen LogP contribution in [0.3, 0.4) is 0 Å². The molecule has 0 unspecified atom stereocenters. The number of rotatable bonds is 8. The smallest absolute Gasteiger partial charge is 0.0599 e. The summed E-state index contributed by atoms with van der Waals surface area (Å²) >= 11 is 0. The molecule has 1 fully saturated rings. The van der Waals surface area contributed by atoms with Crippen LogP contribution < -0.4 is 5.32 Å². The highest BCUT2D eigenvalue weighted by atomic mass is 15.1. The number of nitrogens with one attached hydrogen (secondary N) is 1. The van der Waals surface area contributed by atoms with Crippen LogP contribution in [0.25, 0.3) is 0 Å². The van der Waals surface area contributed by atoms with Crippen LogP contribution in [0.15, 0.2) is 0 Å². The van der Waals surface area contributed by atoms with E-state index in [2.05, 4.69) is 30.0 Å². The highest BCUT2D eigenvalue weighted by Crippen LogP contribution is 2.29. The van der Waals surface area contributed by atoms with Crippen molar-refractivity contribution < 1.29 is 0 Å². The van der Waals surface area contributed by atoms with Gasteiger partial charge < -0.3 is 5.32 Å². The van der Waals surface area contributed by atoms with Gasteiger partial charge >= 0.3 is 0 Å². The lowest BCUT2D eigenvalue weighted by atomic mass is 10.2. The van der Waals surface area contributed by atoms with E-state index in [0.29, 0.717) is 0 Å². The van der Waals surface area contributed by atoms with Gasteiger partial charge in [0.25, 0.3) is 0 Å². The Morgan fingerprint density at radius 3 is 2.73 bits per heavy atom. The van der Waals surface area contributed by atoms with E-state index in [9.17, 15) is 0 Å². The van der Waals surface area contributed by atoms with Gasteiger partial charge in [-0.2, -0.15) is 0 Å². The summed E-state index contributed by atoms with van der Waals surface area (Å²) in [4.78, 5) is 2.39. The molecule has 86 valence electrons. The molecule has 0 saturated heterocycles. The standard InChI is InChI=1S/C13H24N2/c1-4-8-15(11-13-5-6-13)9-7-14-10-12(2)3/h1,12-14H,5-11H2,2-3H3. The predicted molar refractivity (Wildman–Crippen MR) is 65.7 cm³/mol. The zero-order valence-corrected chi connectivity index (χ0v) is 10.1. The highest BCUT2D eigenvalue weighted by molar-refractivity contribution is 4.90. The normalized spacial score (nSPS) is 15.9. The zero-order valence-electron chi connectivity index (χ0n) is 10.1. The highest BCUT2D eigenvalue weighted by Gasteiger charge is 2.23. The number of hydrogen-bond acceptors (Lipinski definition) is 2. The van der Waals surface area contributed by atoms with Crippen LogP contribution in [0.2, 0.25) is 0 Å². The largest absolute Gasteiger partial charge is 0.315 e. The number of nitrogens with zero attached hydrogens (tertiary/aromatic N) is 1. The Morgan fingerprint density at radius 2 is 2.20 bits per heavy atom. The molecule has 0 spiro atoms. The molecule has 2 heteroatoms. The fourth-order valence-corrected chi connectivity index (χ4v) is 1.66. The van der Waals surface area contributed by atoms with E-state index in [1.165, 1.54) is 19.4 Å². The molecule has 0 heterocycles. The van der Waals surface area contributed by atoms with E-state index in [1.54, 1.807) is 0 Å². The van der Waals surface area contributed by atoms with Crippen LogP contribution in [0.1, 0.15) is 26.7 Å². The quantitative estimate of drug-likeness (QED) is 0.481. The number of hydrogen-bond donors (Lipinski definition) is 1. The molecule has 1 aliphatic carbocycles. The fourth-order valence-electron chi connectivity index (χ4n) is 1.66. The Balaban J connectivity index is 2.05. The van der Waals surface area contributed by atoms with Gasteiger partial charge in [0.2, 0.25) is 0 Å². The lowest BCUT2D eigenvalue weighted by Crippen LogP contribution is -2.35. The summed E-state index contributed by atoms with van der Waals surface area (Å²) in [6.07, 6.45) is 8.17. The molecular formula is C13H24N2. The van der Waals surface area contributed by atoms with Crippen molar-refractivity contribution >= 4 is 0 Å². The summed E-state index contributed by atoms with van der Waals surface area (Å²) in [6.45, 7) is 9.73. The average molecular weight is 208 g/mol. The van der Waals surface area contributed by atoms with E-state index in [4.69, 9.17) is 6.42 Å². The van der Waals surface area contributed by atoms with Gasteiger partial charge in [0.1, 0.15) is 0 Å². The Kier molecular flexibility index (Phi) is 5.75. The van der Waals surface area contributed by atoms with Crippen LogP contribution in [0, 0.1) is 24.2 Å². The molecule has 1 rings (SSSR count). The van der Waals surface area contributed by atoms with Gasteiger partial charge in [0.05, 0.1) is 6.54 Å². The van der Waals surface area contributed by atoms with Crippen LogP contribution in [0.5, 0.6) is 0 Å². The first-order valence-electron chi connectivity index (χ1n) is 6.09. The van der Waals surface area contributed by atoms with Crippen molar-refractivity contribution in [1.82, 2.24) is 10.2 Å². The third kappa shape index (κ3) is 6.54. The van der Waals surface area contributed by atoms with Gasteiger partial charge in [-0.05, 0) is 31.2 Å². The molecule has 0 aromatic heterocycles. The predicted octanol–water partition coefficient (Wildman–Crippen LogP) is 1.58. The fraction of sp³-hybridized carbons (Fsp3) is 0.846. The van der Waals surface area contributed by atoms with E-state index < -0.39 is 0 Å². The van der Waals surface area contributed by atoms with Crippen LogP contribution >= 0.6 is 0 Å². The van der Waals surface area contributed by atoms with Crippen LogP contribution in [-0.4, -0.2) is 37.6 Å². The Hall–Kier alpha value is -0.520. The second kappa shape index (κ2) is 6.87. The summed E-state index contributed by atoms with van der Waals surface area (Å²) < 4.78 is 0. The first kappa shape index (κ1) is 12.5. The number of terminal acetylenes is 1. The van der Waals surface area contributed by atoms with Gasteiger partial charge in [0, 0.05) is 19.6 Å². The molecule has 2 nitrogen and oxygen atoms in total. The van der Waals surface area contributed by atoms with Gasteiger partial charge in [-0.15, -0.1) is 6.42 Å². The molecule has 0 aromatic carbocycles. The van der Waals surface area contributed by atoms with Crippen LogP contribution in [-0.2, 0) is 0 Å². The first-order valence-corrected chi connectivity index (χ1v) is 6.09. The van der Waals surface area contributed by atoms with Crippen molar-refractivity contribution in [3.05, 3.63) is 0 Å². The van der Waals surface area contributed by atoms with Crippen molar-refractivity contribution in [3.8, 4) is 12.3 Å². The van der Waals surface area contributed by atoms with Gasteiger partial charge in [0.15, 0.2) is 0 Å². The lowest BCUT2D eigenvalue weighted by molar-refractivity contribution is 0.291. The van der Waals surface area contributed by atoms with Crippen LogP contribution in [0.4, 0.5) is 0 Å². The summed E-state index contributed by atoms with van der Waals surface area (Å²) in [6, 6.07) is 0. The van der Waals surface area contributed by atoms with Crippen molar-refractivity contribution in [2.75, 3.05) is 32.7 Å². The molecule has 15 heavy (non-hydrogen) atoms. The molecule has 0 bridgehead atoms. The van der Waals surface area contributed by atoms with Crippen molar-refractivity contribution in [3.63, 3.8) is 0 Å². The Bertz CT molecular complexity index is 201. The summed E-state index contributed by atoms with van der Waals surface area (Å²) in [5, 5.41) is 3.46. The molecule has 1 aliphatic rings. The van der Waals surface area contributed by atoms with E-state index >= 15 is 0 Å². The van der Waals surface area contributed by atoms with Crippen molar-refractivity contribution in [2.24, 2.45) is 11.8 Å². The second-order valence-corrected chi connectivity index (χ2v) is 4.98. The molecule has 0 radical (unpaired) electrons. The lowest BCUT2D eigenvalue weighted by Gasteiger charge is -2.20. The Morgan fingerprint density at radius 1 is 1.47 bits per heavy atom. The minimum Gasteiger partial charge on any atom is -0.315 e. The van der Waals surface area contributed by atoms with Crippen molar-refractivity contribution in [2.45, 2.75) is 26.7 Å². The SMILES string of the molecule is C#CCN(CCNCC(C)C)CC1CC1. The third-order valence-corrected chi connectivity index (χ3v) is 2.69. The topological polar surface area (TPSA) is 15.3 Å².